The second-order valence-electron chi connectivity index (χ2n) is 3.19. The maximum absolute atomic E-state index is 3.73. The molecule has 0 saturated carbocycles. The second kappa shape index (κ2) is 4.70. The molecule has 0 atom stereocenters. The van der Waals surface area contributed by atoms with Gasteiger partial charge >= 0.3 is 0 Å². The Morgan fingerprint density at radius 1 is 1.46 bits per heavy atom. The molecule has 0 bridgehead atoms. The van der Waals surface area contributed by atoms with Crippen molar-refractivity contribution >= 4 is 5.69 Å². The zero-order valence-electron chi connectivity index (χ0n) is 8.46. The number of hydrogen-bond donors (Lipinski definition) is 0. The van der Waals surface area contributed by atoms with Crippen molar-refractivity contribution in [3.63, 3.8) is 0 Å². The molecule has 1 rings (SSSR count). The Hall–Kier alpha value is -1.24. The summed E-state index contributed by atoms with van der Waals surface area (Å²) in [4.78, 5) is 2.19. The van der Waals surface area contributed by atoms with Crippen LogP contribution in [0, 0.1) is 0 Å². The normalized spacial score (nSPS) is 9.69. The Morgan fingerprint density at radius 2 is 2.23 bits per heavy atom. The van der Waals surface area contributed by atoms with Crippen LogP contribution in [0.15, 0.2) is 36.9 Å². The highest BCUT2D eigenvalue weighted by atomic mass is 15.1. The predicted molar refractivity (Wildman–Crippen MR) is 59.3 cm³/mol. The SMILES string of the molecule is C=CCN(C)c1cccc(CC)c1. The van der Waals surface area contributed by atoms with Crippen molar-refractivity contribution in [3.8, 4) is 0 Å². The minimum atomic E-state index is 0.896. The fourth-order valence-corrected chi connectivity index (χ4v) is 1.31. The van der Waals surface area contributed by atoms with Crippen LogP contribution >= 0.6 is 0 Å². The molecule has 0 heterocycles. The first-order valence-corrected chi connectivity index (χ1v) is 4.69. The van der Waals surface area contributed by atoms with Crippen LogP contribution in [0.25, 0.3) is 0 Å². The molecule has 1 aromatic rings. The third-order valence-corrected chi connectivity index (χ3v) is 2.16. The summed E-state index contributed by atoms with van der Waals surface area (Å²) in [5.74, 6) is 0. The van der Waals surface area contributed by atoms with Crippen molar-refractivity contribution in [2.24, 2.45) is 0 Å². The average Bonchev–Trinajstić information content (AvgIpc) is 2.18. The Balaban J connectivity index is 2.81. The van der Waals surface area contributed by atoms with Gasteiger partial charge in [-0.2, -0.15) is 0 Å². The third-order valence-electron chi connectivity index (χ3n) is 2.16. The van der Waals surface area contributed by atoms with E-state index in [-0.39, 0.29) is 0 Å². The van der Waals surface area contributed by atoms with Crippen LogP contribution in [-0.2, 0) is 6.42 Å². The number of aryl methyl sites for hydroxylation is 1. The molecule has 0 unspecified atom stereocenters. The maximum Gasteiger partial charge on any atom is 0.0369 e. The standard InChI is InChI=1S/C12H17N/c1-4-9-13(3)12-8-6-7-11(5-2)10-12/h4,6-8,10H,1,5,9H2,2-3H3. The summed E-state index contributed by atoms with van der Waals surface area (Å²) >= 11 is 0. The monoisotopic (exact) mass is 175 g/mol. The summed E-state index contributed by atoms with van der Waals surface area (Å²) in [6.45, 7) is 6.80. The van der Waals surface area contributed by atoms with E-state index < -0.39 is 0 Å². The lowest BCUT2D eigenvalue weighted by atomic mass is 10.1. The van der Waals surface area contributed by atoms with Crippen molar-refractivity contribution < 1.29 is 0 Å². The van der Waals surface area contributed by atoms with Crippen molar-refractivity contribution in [1.29, 1.82) is 0 Å². The molecule has 0 radical (unpaired) electrons. The van der Waals surface area contributed by atoms with Gasteiger partial charge < -0.3 is 4.90 Å². The van der Waals surface area contributed by atoms with Crippen LogP contribution in [0.1, 0.15) is 12.5 Å². The van der Waals surface area contributed by atoms with Gasteiger partial charge in [-0.25, -0.2) is 0 Å². The molecule has 1 nitrogen and oxygen atoms in total. The molecule has 0 amide bonds. The minimum absolute atomic E-state index is 0.896. The molecule has 0 spiro atoms. The van der Waals surface area contributed by atoms with E-state index in [1.54, 1.807) is 0 Å². The molecule has 1 heteroatoms. The van der Waals surface area contributed by atoms with Crippen LogP contribution in [-0.4, -0.2) is 13.6 Å². The summed E-state index contributed by atoms with van der Waals surface area (Å²) in [6, 6.07) is 8.62. The topological polar surface area (TPSA) is 3.24 Å². The maximum atomic E-state index is 3.73. The Morgan fingerprint density at radius 3 is 2.85 bits per heavy atom. The highest BCUT2D eigenvalue weighted by Gasteiger charge is 1.98. The smallest absolute Gasteiger partial charge is 0.0369 e. The lowest BCUT2D eigenvalue weighted by molar-refractivity contribution is 1.02. The van der Waals surface area contributed by atoms with E-state index in [1.165, 1.54) is 11.3 Å². The Kier molecular flexibility index (Phi) is 3.56. The molecule has 0 fully saturated rings. The van der Waals surface area contributed by atoms with Gasteiger partial charge in [0.15, 0.2) is 0 Å². The van der Waals surface area contributed by atoms with Crippen LogP contribution in [0.3, 0.4) is 0 Å². The number of nitrogens with zero attached hydrogens (tertiary/aromatic N) is 1. The Bertz CT molecular complexity index is 278. The summed E-state index contributed by atoms with van der Waals surface area (Å²) in [6.07, 6.45) is 3.01. The molecule has 0 N–H and O–H groups in total. The molecule has 1 aromatic carbocycles. The van der Waals surface area contributed by atoms with Gasteiger partial charge in [-0.05, 0) is 24.1 Å². The van der Waals surface area contributed by atoms with Crippen LogP contribution in [0.4, 0.5) is 5.69 Å². The van der Waals surface area contributed by atoms with Gasteiger partial charge in [-0.3, -0.25) is 0 Å². The van der Waals surface area contributed by atoms with E-state index in [4.69, 9.17) is 0 Å². The zero-order valence-corrected chi connectivity index (χ0v) is 8.46. The van der Waals surface area contributed by atoms with E-state index in [1.807, 2.05) is 6.08 Å². The van der Waals surface area contributed by atoms with Crippen molar-refractivity contribution in [3.05, 3.63) is 42.5 Å². The molecule has 70 valence electrons. The van der Waals surface area contributed by atoms with Gasteiger partial charge in [-0.15, -0.1) is 6.58 Å². The molecule has 0 aliphatic carbocycles. The van der Waals surface area contributed by atoms with Crippen molar-refractivity contribution in [1.82, 2.24) is 0 Å². The molecule has 0 aliphatic heterocycles. The number of likely N-dealkylation sites (N-methyl/N-ethyl adjacent to an activating group) is 1. The summed E-state index contributed by atoms with van der Waals surface area (Å²) in [5, 5.41) is 0. The first-order valence-electron chi connectivity index (χ1n) is 4.69. The fraction of sp³-hybridized carbons (Fsp3) is 0.333. The number of anilines is 1. The largest absolute Gasteiger partial charge is 0.371 e. The molecule has 0 aromatic heterocycles. The van der Waals surface area contributed by atoms with Gasteiger partial charge in [-0.1, -0.05) is 25.1 Å². The molecule has 0 aliphatic rings. The second-order valence-corrected chi connectivity index (χ2v) is 3.19. The molecular formula is C12H17N. The van der Waals surface area contributed by atoms with Gasteiger partial charge in [0, 0.05) is 19.3 Å². The number of benzene rings is 1. The van der Waals surface area contributed by atoms with Gasteiger partial charge in [0.1, 0.15) is 0 Å². The van der Waals surface area contributed by atoms with Crippen molar-refractivity contribution in [2.75, 3.05) is 18.5 Å². The van der Waals surface area contributed by atoms with Gasteiger partial charge in [0.2, 0.25) is 0 Å². The molecule has 13 heavy (non-hydrogen) atoms. The van der Waals surface area contributed by atoms with Gasteiger partial charge in [0.25, 0.3) is 0 Å². The molecule has 0 saturated heterocycles. The quantitative estimate of drug-likeness (QED) is 0.636. The molecular weight excluding hydrogens is 158 g/mol. The van der Waals surface area contributed by atoms with E-state index >= 15 is 0 Å². The minimum Gasteiger partial charge on any atom is -0.371 e. The number of hydrogen-bond acceptors (Lipinski definition) is 1. The van der Waals surface area contributed by atoms with E-state index in [9.17, 15) is 0 Å². The van der Waals surface area contributed by atoms with Crippen molar-refractivity contribution in [2.45, 2.75) is 13.3 Å². The lowest BCUT2D eigenvalue weighted by Crippen LogP contribution is -2.16. The van der Waals surface area contributed by atoms with E-state index in [0.717, 1.165) is 13.0 Å². The fourth-order valence-electron chi connectivity index (χ4n) is 1.31. The van der Waals surface area contributed by atoms with Crippen LogP contribution < -0.4 is 4.90 Å². The lowest BCUT2D eigenvalue weighted by Gasteiger charge is -2.17. The van der Waals surface area contributed by atoms with Crippen LogP contribution in [0.2, 0.25) is 0 Å². The first-order chi connectivity index (χ1) is 6.27. The zero-order chi connectivity index (χ0) is 9.68. The van der Waals surface area contributed by atoms with Crippen LogP contribution in [0.5, 0.6) is 0 Å². The average molecular weight is 175 g/mol. The third kappa shape index (κ3) is 2.62. The van der Waals surface area contributed by atoms with E-state index in [0.29, 0.717) is 0 Å². The Labute approximate surface area is 80.7 Å². The summed E-state index contributed by atoms with van der Waals surface area (Å²) in [5.41, 5.74) is 2.65. The highest BCUT2D eigenvalue weighted by molar-refractivity contribution is 5.48. The summed E-state index contributed by atoms with van der Waals surface area (Å²) < 4.78 is 0. The highest BCUT2D eigenvalue weighted by Crippen LogP contribution is 2.14. The van der Waals surface area contributed by atoms with E-state index in [2.05, 4.69) is 49.7 Å². The van der Waals surface area contributed by atoms with Gasteiger partial charge in [0.05, 0.1) is 0 Å². The number of rotatable bonds is 4. The summed E-state index contributed by atoms with van der Waals surface area (Å²) in [7, 11) is 2.08. The first kappa shape index (κ1) is 9.85. The predicted octanol–water partition coefficient (Wildman–Crippen LogP) is 2.87.